The Morgan fingerprint density at radius 3 is 1.96 bits per heavy atom. The quantitative estimate of drug-likeness (QED) is 0.480. The third kappa shape index (κ3) is 4.43. The van der Waals surface area contributed by atoms with Gasteiger partial charge in [-0.05, 0) is 17.2 Å². The molecule has 0 aromatic heterocycles. The molecule has 0 N–H and O–H groups in total. The molecule has 0 fully saturated rings. The Labute approximate surface area is 141 Å². The van der Waals surface area contributed by atoms with Gasteiger partial charge in [-0.2, -0.15) is 0 Å². The molecule has 0 heterocycles. The van der Waals surface area contributed by atoms with Crippen molar-refractivity contribution in [1.82, 2.24) is 0 Å². The normalized spacial score (nSPS) is 11.8. The van der Waals surface area contributed by atoms with E-state index >= 15 is 0 Å². The van der Waals surface area contributed by atoms with Gasteiger partial charge in [0.2, 0.25) is 0 Å². The predicted octanol–water partition coefficient (Wildman–Crippen LogP) is 3.50. The molecule has 0 spiro atoms. The van der Waals surface area contributed by atoms with E-state index in [9.17, 15) is 9.59 Å². The molecule has 4 heteroatoms. The number of ether oxygens (including phenoxy) is 2. The van der Waals surface area contributed by atoms with Crippen LogP contribution in [0.1, 0.15) is 11.1 Å². The molecule has 0 saturated carbocycles. The highest BCUT2D eigenvalue weighted by Gasteiger charge is 2.18. The first-order valence-electron chi connectivity index (χ1n) is 7.36. The molecule has 122 valence electrons. The molecule has 0 amide bonds. The first-order chi connectivity index (χ1) is 11.7. The van der Waals surface area contributed by atoms with E-state index in [0.29, 0.717) is 5.57 Å². The van der Waals surface area contributed by atoms with Gasteiger partial charge in [0.25, 0.3) is 0 Å². The van der Waals surface area contributed by atoms with E-state index in [4.69, 9.17) is 9.47 Å². The lowest BCUT2D eigenvalue weighted by molar-refractivity contribution is -0.135. The summed E-state index contributed by atoms with van der Waals surface area (Å²) in [6.07, 6.45) is 2.98. The van der Waals surface area contributed by atoms with Gasteiger partial charge >= 0.3 is 11.9 Å². The van der Waals surface area contributed by atoms with Crippen LogP contribution in [-0.2, 0) is 19.1 Å². The lowest BCUT2D eigenvalue weighted by Crippen LogP contribution is -2.09. The highest BCUT2D eigenvalue weighted by atomic mass is 16.5. The number of esters is 2. The largest absolute Gasteiger partial charge is 0.466 e. The fourth-order valence-electron chi connectivity index (χ4n) is 2.18. The smallest absolute Gasteiger partial charge is 0.338 e. The summed E-state index contributed by atoms with van der Waals surface area (Å²) in [7, 11) is 2.60. The van der Waals surface area contributed by atoms with Crippen LogP contribution in [0.5, 0.6) is 0 Å². The van der Waals surface area contributed by atoms with Crippen LogP contribution in [0, 0.1) is 0 Å². The SMILES string of the molecule is COC(=O)/C=C(/C(=C/c1ccccc1)C(=O)OC)c1ccccc1. The van der Waals surface area contributed by atoms with E-state index in [2.05, 4.69) is 0 Å². The van der Waals surface area contributed by atoms with Crippen molar-refractivity contribution < 1.29 is 19.1 Å². The van der Waals surface area contributed by atoms with Crippen LogP contribution in [0.4, 0.5) is 0 Å². The second-order valence-corrected chi connectivity index (χ2v) is 4.91. The monoisotopic (exact) mass is 322 g/mol. The molecule has 0 bridgehead atoms. The second kappa shape index (κ2) is 8.48. The van der Waals surface area contributed by atoms with E-state index in [1.165, 1.54) is 20.3 Å². The minimum Gasteiger partial charge on any atom is -0.466 e. The molecule has 0 aliphatic carbocycles. The van der Waals surface area contributed by atoms with Gasteiger partial charge in [-0.25, -0.2) is 9.59 Å². The molecule has 2 rings (SSSR count). The number of hydrogen-bond donors (Lipinski definition) is 0. The van der Waals surface area contributed by atoms with Crippen molar-refractivity contribution in [3.63, 3.8) is 0 Å². The number of carbonyl (C=O) groups excluding carboxylic acids is 2. The Balaban J connectivity index is 2.61. The maximum atomic E-state index is 12.3. The highest BCUT2D eigenvalue weighted by Crippen LogP contribution is 2.26. The number of benzene rings is 2. The van der Waals surface area contributed by atoms with E-state index in [-0.39, 0.29) is 5.57 Å². The van der Waals surface area contributed by atoms with Crippen molar-refractivity contribution in [1.29, 1.82) is 0 Å². The van der Waals surface area contributed by atoms with Crippen LogP contribution in [0.25, 0.3) is 11.6 Å². The summed E-state index contributed by atoms with van der Waals surface area (Å²) in [5.41, 5.74) is 2.26. The third-order valence-electron chi connectivity index (χ3n) is 3.35. The van der Waals surface area contributed by atoms with Crippen LogP contribution in [0.2, 0.25) is 0 Å². The number of rotatable bonds is 5. The lowest BCUT2D eigenvalue weighted by atomic mass is 9.95. The number of carbonyl (C=O) groups is 2. The minimum atomic E-state index is -0.545. The molecule has 24 heavy (non-hydrogen) atoms. The van der Waals surface area contributed by atoms with Gasteiger partial charge in [0, 0.05) is 11.6 Å². The van der Waals surface area contributed by atoms with Crippen LogP contribution in [0.15, 0.2) is 72.3 Å². The fraction of sp³-hybridized carbons (Fsp3) is 0.100. The van der Waals surface area contributed by atoms with E-state index < -0.39 is 11.9 Å². The molecule has 2 aromatic rings. The Kier molecular flexibility index (Phi) is 6.08. The summed E-state index contributed by atoms with van der Waals surface area (Å²) in [4.78, 5) is 24.1. The molecular formula is C20H18O4. The van der Waals surface area contributed by atoms with Crippen LogP contribution in [0.3, 0.4) is 0 Å². The average Bonchev–Trinajstić information content (AvgIpc) is 2.65. The van der Waals surface area contributed by atoms with E-state index in [1.54, 1.807) is 6.08 Å². The second-order valence-electron chi connectivity index (χ2n) is 4.91. The van der Waals surface area contributed by atoms with Gasteiger partial charge in [0.15, 0.2) is 0 Å². The average molecular weight is 322 g/mol. The zero-order chi connectivity index (χ0) is 17.4. The van der Waals surface area contributed by atoms with Crippen molar-refractivity contribution in [3.05, 3.63) is 83.4 Å². The Bertz CT molecular complexity index is 759. The molecular weight excluding hydrogens is 304 g/mol. The summed E-state index contributed by atoms with van der Waals surface area (Å²) < 4.78 is 9.62. The minimum absolute atomic E-state index is 0.278. The van der Waals surface area contributed by atoms with E-state index in [1.807, 2.05) is 60.7 Å². The maximum Gasteiger partial charge on any atom is 0.338 e. The molecule has 0 atom stereocenters. The Morgan fingerprint density at radius 1 is 0.833 bits per heavy atom. The first-order valence-corrected chi connectivity index (χ1v) is 7.36. The molecule has 0 radical (unpaired) electrons. The zero-order valence-electron chi connectivity index (χ0n) is 13.6. The Morgan fingerprint density at radius 2 is 1.42 bits per heavy atom. The van der Waals surface area contributed by atoms with Gasteiger partial charge in [-0.1, -0.05) is 60.7 Å². The van der Waals surface area contributed by atoms with Crippen LogP contribution >= 0.6 is 0 Å². The summed E-state index contributed by atoms with van der Waals surface area (Å²) >= 11 is 0. The maximum absolute atomic E-state index is 12.3. The molecule has 0 unspecified atom stereocenters. The molecule has 0 aliphatic rings. The van der Waals surface area contributed by atoms with Crippen LogP contribution < -0.4 is 0 Å². The van der Waals surface area contributed by atoms with Gasteiger partial charge in [-0.3, -0.25) is 0 Å². The molecule has 2 aromatic carbocycles. The van der Waals surface area contributed by atoms with Gasteiger partial charge in [-0.15, -0.1) is 0 Å². The van der Waals surface area contributed by atoms with Crippen LogP contribution in [-0.4, -0.2) is 26.2 Å². The summed E-state index contributed by atoms with van der Waals surface area (Å²) in [5, 5.41) is 0. The van der Waals surface area contributed by atoms with Gasteiger partial charge in [0.1, 0.15) is 0 Å². The standard InChI is InChI=1S/C20H18O4/c1-23-19(21)14-17(16-11-7-4-8-12-16)18(20(22)24-2)13-15-9-5-3-6-10-15/h3-14H,1-2H3/b17-14+,18-13-. The fourth-order valence-corrected chi connectivity index (χ4v) is 2.18. The number of methoxy groups -OCH3 is 2. The van der Waals surface area contributed by atoms with Gasteiger partial charge in [0.05, 0.1) is 19.8 Å². The summed E-state index contributed by atoms with van der Waals surface area (Å²) in [6, 6.07) is 18.5. The third-order valence-corrected chi connectivity index (χ3v) is 3.35. The molecule has 0 saturated heterocycles. The molecule has 4 nitrogen and oxygen atoms in total. The van der Waals surface area contributed by atoms with Crippen molar-refractivity contribution in [2.45, 2.75) is 0 Å². The van der Waals surface area contributed by atoms with Gasteiger partial charge < -0.3 is 9.47 Å². The van der Waals surface area contributed by atoms with Crippen molar-refractivity contribution in [3.8, 4) is 0 Å². The lowest BCUT2D eigenvalue weighted by Gasteiger charge is -2.11. The topological polar surface area (TPSA) is 52.6 Å². The van der Waals surface area contributed by atoms with Crippen molar-refractivity contribution >= 4 is 23.6 Å². The summed E-state index contributed by atoms with van der Waals surface area (Å²) in [5.74, 6) is -1.07. The summed E-state index contributed by atoms with van der Waals surface area (Å²) in [6.45, 7) is 0. The first kappa shape index (κ1) is 17.2. The van der Waals surface area contributed by atoms with Crippen molar-refractivity contribution in [2.75, 3.05) is 14.2 Å². The Hall–Kier alpha value is -3.14. The molecule has 0 aliphatic heterocycles. The number of hydrogen-bond acceptors (Lipinski definition) is 4. The zero-order valence-corrected chi connectivity index (χ0v) is 13.6. The van der Waals surface area contributed by atoms with E-state index in [0.717, 1.165) is 11.1 Å². The highest BCUT2D eigenvalue weighted by molar-refractivity contribution is 6.13. The predicted molar refractivity (Wildman–Crippen MR) is 92.9 cm³/mol. The van der Waals surface area contributed by atoms with Crippen molar-refractivity contribution in [2.24, 2.45) is 0 Å².